The molecule has 0 spiro atoms. The van der Waals surface area contributed by atoms with Crippen molar-refractivity contribution in [1.82, 2.24) is 0 Å². The third-order valence-electron chi connectivity index (χ3n) is 4.22. The number of ether oxygens (including phenoxy) is 2. The molecule has 1 saturated heterocycles. The largest absolute Gasteiger partial charge is 0.453 e. The van der Waals surface area contributed by atoms with Gasteiger partial charge >= 0.3 is 0 Å². The molecule has 0 radical (unpaired) electrons. The highest BCUT2D eigenvalue weighted by molar-refractivity contribution is 5.78. The highest BCUT2D eigenvalue weighted by Gasteiger charge is 2.39. The number of benzene rings is 2. The molecule has 0 saturated carbocycles. The summed E-state index contributed by atoms with van der Waals surface area (Å²) in [6.07, 6.45) is -1.99. The van der Waals surface area contributed by atoms with E-state index >= 15 is 0 Å². The van der Waals surface area contributed by atoms with Crippen LogP contribution in [0.1, 0.15) is 0 Å². The fraction of sp³-hybridized carbons (Fsp3) is 0.294. The van der Waals surface area contributed by atoms with E-state index in [9.17, 15) is 14.6 Å². The maximum atomic E-state index is 13.8. The molecule has 2 aromatic carbocycles. The SMILES string of the molecule is O[C@H]1[C@@H](O)COC[C@@H]1N1c2ccccc2Oc2ccc(F)cc21. The molecule has 6 heteroatoms. The number of hydrogen-bond acceptors (Lipinski definition) is 5. The second kappa shape index (κ2) is 5.49. The van der Waals surface area contributed by atoms with Crippen LogP contribution in [-0.2, 0) is 4.74 Å². The topological polar surface area (TPSA) is 62.2 Å². The number of para-hydroxylation sites is 2. The molecule has 23 heavy (non-hydrogen) atoms. The molecule has 120 valence electrons. The van der Waals surface area contributed by atoms with Crippen molar-refractivity contribution in [2.45, 2.75) is 18.2 Å². The van der Waals surface area contributed by atoms with Gasteiger partial charge in [-0.05, 0) is 24.3 Å². The first-order chi connectivity index (χ1) is 11.1. The molecule has 0 aliphatic carbocycles. The quantitative estimate of drug-likeness (QED) is 0.844. The van der Waals surface area contributed by atoms with Crippen molar-refractivity contribution >= 4 is 11.4 Å². The molecule has 0 amide bonds. The highest BCUT2D eigenvalue weighted by Crippen LogP contribution is 2.48. The molecule has 4 rings (SSSR count). The number of rotatable bonds is 1. The van der Waals surface area contributed by atoms with Crippen molar-refractivity contribution in [3.05, 3.63) is 48.3 Å². The minimum atomic E-state index is -1.01. The summed E-state index contributed by atoms with van der Waals surface area (Å²) in [7, 11) is 0. The first-order valence-electron chi connectivity index (χ1n) is 7.44. The first kappa shape index (κ1) is 14.4. The van der Waals surface area contributed by atoms with E-state index in [-0.39, 0.29) is 13.2 Å². The lowest BCUT2D eigenvalue weighted by atomic mass is 9.99. The van der Waals surface area contributed by atoms with Gasteiger partial charge in [0.2, 0.25) is 0 Å². The van der Waals surface area contributed by atoms with Gasteiger partial charge in [0.15, 0.2) is 11.5 Å². The predicted octanol–water partition coefficient (Wildman–Crippen LogP) is 2.19. The molecule has 2 aliphatic rings. The van der Waals surface area contributed by atoms with Crippen LogP contribution >= 0.6 is 0 Å². The number of halogens is 1. The van der Waals surface area contributed by atoms with Crippen LogP contribution in [-0.4, -0.2) is 41.7 Å². The van der Waals surface area contributed by atoms with Gasteiger partial charge in [-0.25, -0.2) is 4.39 Å². The lowest BCUT2D eigenvalue weighted by molar-refractivity contribution is -0.0964. The van der Waals surface area contributed by atoms with Gasteiger partial charge in [-0.1, -0.05) is 12.1 Å². The van der Waals surface area contributed by atoms with Gasteiger partial charge in [0, 0.05) is 6.07 Å². The fourth-order valence-electron chi connectivity index (χ4n) is 3.10. The van der Waals surface area contributed by atoms with Gasteiger partial charge in [-0.2, -0.15) is 0 Å². The smallest absolute Gasteiger partial charge is 0.151 e. The molecule has 2 N–H and O–H groups in total. The minimum Gasteiger partial charge on any atom is -0.453 e. The standard InChI is InChI=1S/C17H16FNO4/c18-10-5-6-16-12(7-10)19(11-3-1-2-4-15(11)23-16)13-8-22-9-14(20)17(13)21/h1-7,13-14,17,20-21H,8-9H2/t13-,14-,17+/m0/s1. The van der Waals surface area contributed by atoms with Crippen LogP contribution in [0.2, 0.25) is 0 Å². The molecule has 0 aromatic heterocycles. The van der Waals surface area contributed by atoms with E-state index in [1.807, 2.05) is 18.2 Å². The maximum Gasteiger partial charge on any atom is 0.151 e. The van der Waals surface area contributed by atoms with Crippen molar-refractivity contribution in [1.29, 1.82) is 0 Å². The average molecular weight is 317 g/mol. The Morgan fingerprint density at radius 3 is 2.65 bits per heavy atom. The monoisotopic (exact) mass is 317 g/mol. The van der Waals surface area contributed by atoms with Crippen LogP contribution in [0.3, 0.4) is 0 Å². The van der Waals surface area contributed by atoms with Gasteiger partial charge in [0.1, 0.15) is 18.0 Å². The average Bonchev–Trinajstić information content (AvgIpc) is 2.56. The summed E-state index contributed by atoms with van der Waals surface area (Å²) >= 11 is 0. The number of nitrogens with zero attached hydrogens (tertiary/aromatic N) is 1. The molecule has 0 bridgehead atoms. The summed E-state index contributed by atoms with van der Waals surface area (Å²) in [6.45, 7) is 0.308. The van der Waals surface area contributed by atoms with E-state index in [0.29, 0.717) is 22.9 Å². The molecule has 3 atom stereocenters. The number of anilines is 2. The Kier molecular flexibility index (Phi) is 3.45. The Balaban J connectivity index is 1.86. The second-order valence-corrected chi connectivity index (χ2v) is 5.71. The molecule has 1 fully saturated rings. The third kappa shape index (κ3) is 2.35. The summed E-state index contributed by atoms with van der Waals surface area (Å²) < 4.78 is 25.0. The summed E-state index contributed by atoms with van der Waals surface area (Å²) in [5, 5.41) is 20.3. The van der Waals surface area contributed by atoms with Crippen molar-refractivity contribution in [3.63, 3.8) is 0 Å². The zero-order valence-electron chi connectivity index (χ0n) is 12.2. The van der Waals surface area contributed by atoms with Gasteiger partial charge in [-0.3, -0.25) is 0 Å². The number of hydrogen-bond donors (Lipinski definition) is 2. The summed E-state index contributed by atoms with van der Waals surface area (Å²) in [5.74, 6) is 0.708. The molecule has 2 heterocycles. The van der Waals surface area contributed by atoms with Crippen molar-refractivity contribution in [2.75, 3.05) is 18.1 Å². The summed E-state index contributed by atoms with van der Waals surface area (Å²) in [6, 6.07) is 11.0. The minimum absolute atomic E-state index is 0.0830. The van der Waals surface area contributed by atoms with Crippen LogP contribution in [0, 0.1) is 5.82 Å². The van der Waals surface area contributed by atoms with Crippen molar-refractivity contribution in [3.8, 4) is 11.5 Å². The zero-order chi connectivity index (χ0) is 16.0. The Hall–Kier alpha value is -2.15. The molecule has 2 aliphatic heterocycles. The van der Waals surface area contributed by atoms with Gasteiger partial charge in [-0.15, -0.1) is 0 Å². The Bertz CT molecular complexity index is 738. The van der Waals surface area contributed by atoms with Crippen LogP contribution in [0.25, 0.3) is 0 Å². The van der Waals surface area contributed by atoms with Gasteiger partial charge in [0.05, 0.1) is 30.6 Å². The number of aliphatic hydroxyl groups excluding tert-OH is 2. The number of fused-ring (bicyclic) bond motifs is 2. The van der Waals surface area contributed by atoms with E-state index < -0.39 is 24.1 Å². The fourth-order valence-corrected chi connectivity index (χ4v) is 3.10. The highest BCUT2D eigenvalue weighted by atomic mass is 19.1. The Labute approximate surface area is 132 Å². The zero-order valence-corrected chi connectivity index (χ0v) is 12.2. The van der Waals surface area contributed by atoms with Crippen molar-refractivity contribution < 1.29 is 24.1 Å². The van der Waals surface area contributed by atoms with E-state index in [1.54, 1.807) is 17.0 Å². The van der Waals surface area contributed by atoms with E-state index in [1.165, 1.54) is 12.1 Å². The van der Waals surface area contributed by atoms with Crippen LogP contribution in [0.5, 0.6) is 11.5 Å². The molecule has 5 nitrogen and oxygen atoms in total. The maximum absolute atomic E-state index is 13.8. The molecular weight excluding hydrogens is 301 g/mol. The van der Waals surface area contributed by atoms with E-state index in [0.717, 1.165) is 0 Å². The third-order valence-corrected chi connectivity index (χ3v) is 4.22. The second-order valence-electron chi connectivity index (χ2n) is 5.71. The van der Waals surface area contributed by atoms with Gasteiger partial charge in [0.25, 0.3) is 0 Å². The van der Waals surface area contributed by atoms with E-state index in [4.69, 9.17) is 9.47 Å². The first-order valence-corrected chi connectivity index (χ1v) is 7.44. The number of aliphatic hydroxyl groups is 2. The molecular formula is C17H16FNO4. The van der Waals surface area contributed by atoms with Gasteiger partial charge < -0.3 is 24.6 Å². The summed E-state index contributed by atoms with van der Waals surface area (Å²) in [5.41, 5.74) is 1.21. The molecule has 0 unspecified atom stereocenters. The predicted molar refractivity (Wildman–Crippen MR) is 81.7 cm³/mol. The molecule has 2 aromatic rings. The normalized spacial score (nSPS) is 26.2. The lowest BCUT2D eigenvalue weighted by Crippen LogP contribution is -2.55. The lowest BCUT2D eigenvalue weighted by Gasteiger charge is -2.43. The van der Waals surface area contributed by atoms with E-state index in [2.05, 4.69) is 0 Å². The Morgan fingerprint density at radius 1 is 1.00 bits per heavy atom. The van der Waals surface area contributed by atoms with Crippen LogP contribution in [0.15, 0.2) is 42.5 Å². The van der Waals surface area contributed by atoms with Crippen molar-refractivity contribution in [2.24, 2.45) is 0 Å². The Morgan fingerprint density at radius 2 is 1.78 bits per heavy atom. The van der Waals surface area contributed by atoms with Crippen LogP contribution in [0.4, 0.5) is 15.8 Å². The summed E-state index contributed by atoms with van der Waals surface area (Å²) in [4.78, 5) is 1.78. The van der Waals surface area contributed by atoms with Crippen LogP contribution < -0.4 is 9.64 Å².